The Morgan fingerprint density at radius 1 is 1.44 bits per heavy atom. The number of likely N-dealkylation sites (N-methyl/N-ethyl adjacent to an activating group) is 1. The molecule has 1 amide bonds. The SMILES string of the molecule is CCCN(C)CC(=O)N1CC(CN)CC1C.Cl.Cl. The van der Waals surface area contributed by atoms with Crippen molar-refractivity contribution >= 4 is 30.7 Å². The first-order valence-electron chi connectivity index (χ1n) is 6.26. The fourth-order valence-electron chi connectivity index (χ4n) is 2.44. The molecule has 1 saturated heterocycles. The van der Waals surface area contributed by atoms with Gasteiger partial charge in [0, 0.05) is 12.6 Å². The normalized spacial score (nSPS) is 22.6. The fraction of sp³-hybridized carbons (Fsp3) is 0.917. The van der Waals surface area contributed by atoms with Crippen molar-refractivity contribution in [3.63, 3.8) is 0 Å². The minimum atomic E-state index is 0. The number of nitrogens with two attached hydrogens (primary N) is 1. The van der Waals surface area contributed by atoms with Crippen molar-refractivity contribution in [2.24, 2.45) is 11.7 Å². The molecule has 2 N–H and O–H groups in total. The predicted octanol–water partition coefficient (Wildman–Crippen LogP) is 1.37. The third-order valence-electron chi connectivity index (χ3n) is 3.33. The lowest BCUT2D eigenvalue weighted by Gasteiger charge is -2.24. The van der Waals surface area contributed by atoms with Crippen LogP contribution in [0.5, 0.6) is 0 Å². The summed E-state index contributed by atoms with van der Waals surface area (Å²) in [5.41, 5.74) is 5.66. The van der Waals surface area contributed by atoms with Gasteiger partial charge in [-0.25, -0.2) is 0 Å². The average molecular weight is 300 g/mol. The zero-order chi connectivity index (χ0) is 12.1. The summed E-state index contributed by atoms with van der Waals surface area (Å²) in [5.74, 6) is 0.745. The van der Waals surface area contributed by atoms with Crippen molar-refractivity contribution in [2.45, 2.75) is 32.7 Å². The minimum absolute atomic E-state index is 0. The molecule has 0 aromatic rings. The van der Waals surface area contributed by atoms with Crippen LogP contribution < -0.4 is 5.73 Å². The summed E-state index contributed by atoms with van der Waals surface area (Å²) in [4.78, 5) is 16.1. The molecule has 0 spiro atoms. The number of halogens is 2. The summed E-state index contributed by atoms with van der Waals surface area (Å²) in [6, 6.07) is 0.357. The van der Waals surface area contributed by atoms with E-state index in [2.05, 4.69) is 18.7 Å². The van der Waals surface area contributed by atoms with Gasteiger partial charge in [-0.2, -0.15) is 0 Å². The maximum absolute atomic E-state index is 12.0. The molecule has 0 aromatic heterocycles. The largest absolute Gasteiger partial charge is 0.339 e. The van der Waals surface area contributed by atoms with Crippen LogP contribution in [-0.2, 0) is 4.79 Å². The van der Waals surface area contributed by atoms with Gasteiger partial charge in [-0.1, -0.05) is 6.92 Å². The molecule has 2 unspecified atom stereocenters. The predicted molar refractivity (Wildman–Crippen MR) is 80.6 cm³/mol. The van der Waals surface area contributed by atoms with Crippen molar-refractivity contribution in [1.29, 1.82) is 0 Å². The van der Waals surface area contributed by atoms with Crippen LogP contribution in [0, 0.1) is 5.92 Å². The zero-order valence-corrected chi connectivity index (χ0v) is 13.2. The van der Waals surface area contributed by atoms with Crippen LogP contribution in [0.4, 0.5) is 0 Å². The van der Waals surface area contributed by atoms with Gasteiger partial charge in [-0.05, 0) is 45.8 Å². The number of carbonyl (C=O) groups is 1. The van der Waals surface area contributed by atoms with Crippen molar-refractivity contribution in [2.75, 3.05) is 33.2 Å². The molecule has 0 aliphatic carbocycles. The molecular weight excluding hydrogens is 273 g/mol. The van der Waals surface area contributed by atoms with Crippen LogP contribution in [0.25, 0.3) is 0 Å². The van der Waals surface area contributed by atoms with E-state index in [1.807, 2.05) is 11.9 Å². The molecule has 0 bridgehead atoms. The molecule has 1 aliphatic heterocycles. The van der Waals surface area contributed by atoms with Gasteiger partial charge in [0.25, 0.3) is 0 Å². The van der Waals surface area contributed by atoms with E-state index >= 15 is 0 Å². The average Bonchev–Trinajstić information content (AvgIpc) is 2.60. The van der Waals surface area contributed by atoms with Gasteiger partial charge in [-0.15, -0.1) is 24.8 Å². The van der Waals surface area contributed by atoms with Crippen LogP contribution in [0.2, 0.25) is 0 Å². The van der Waals surface area contributed by atoms with Crippen molar-refractivity contribution in [3.8, 4) is 0 Å². The van der Waals surface area contributed by atoms with Crippen LogP contribution in [0.3, 0.4) is 0 Å². The Hall–Kier alpha value is -0.0300. The van der Waals surface area contributed by atoms with E-state index in [0.29, 0.717) is 25.0 Å². The Morgan fingerprint density at radius 3 is 2.50 bits per heavy atom. The maximum Gasteiger partial charge on any atom is 0.236 e. The van der Waals surface area contributed by atoms with Gasteiger partial charge in [0.15, 0.2) is 0 Å². The minimum Gasteiger partial charge on any atom is -0.339 e. The lowest BCUT2D eigenvalue weighted by molar-refractivity contribution is -0.132. The monoisotopic (exact) mass is 299 g/mol. The second-order valence-electron chi connectivity index (χ2n) is 4.97. The Bertz CT molecular complexity index is 241. The Balaban J connectivity index is 0. The highest BCUT2D eigenvalue weighted by molar-refractivity contribution is 5.85. The molecule has 18 heavy (non-hydrogen) atoms. The van der Waals surface area contributed by atoms with E-state index in [1.54, 1.807) is 0 Å². The number of nitrogens with zero attached hydrogens (tertiary/aromatic N) is 2. The zero-order valence-electron chi connectivity index (χ0n) is 11.6. The number of carbonyl (C=O) groups excluding carboxylic acids is 1. The Morgan fingerprint density at radius 2 is 2.06 bits per heavy atom. The summed E-state index contributed by atoms with van der Waals surface area (Å²) < 4.78 is 0. The topological polar surface area (TPSA) is 49.6 Å². The number of hydrogen-bond acceptors (Lipinski definition) is 3. The molecule has 1 fully saturated rings. The molecule has 0 saturated carbocycles. The molecule has 1 rings (SSSR count). The Labute approximate surface area is 123 Å². The second-order valence-corrected chi connectivity index (χ2v) is 4.97. The van der Waals surface area contributed by atoms with Crippen LogP contribution in [0.15, 0.2) is 0 Å². The standard InChI is InChI=1S/C12H25N3O.2ClH/c1-4-5-14(3)9-12(16)15-8-11(7-13)6-10(15)2;;/h10-11H,4-9,13H2,1-3H3;2*1H. The maximum atomic E-state index is 12.0. The molecule has 0 aromatic carbocycles. The number of likely N-dealkylation sites (tertiary alicyclic amines) is 1. The molecule has 4 nitrogen and oxygen atoms in total. The van der Waals surface area contributed by atoms with E-state index in [9.17, 15) is 4.79 Å². The van der Waals surface area contributed by atoms with Gasteiger partial charge in [0.05, 0.1) is 6.54 Å². The number of hydrogen-bond donors (Lipinski definition) is 1. The fourth-order valence-corrected chi connectivity index (χ4v) is 2.44. The summed E-state index contributed by atoms with van der Waals surface area (Å²) in [5, 5.41) is 0. The van der Waals surface area contributed by atoms with Gasteiger partial charge in [0.2, 0.25) is 5.91 Å². The highest BCUT2D eigenvalue weighted by Gasteiger charge is 2.31. The smallest absolute Gasteiger partial charge is 0.236 e. The highest BCUT2D eigenvalue weighted by Crippen LogP contribution is 2.22. The third kappa shape index (κ3) is 5.74. The van der Waals surface area contributed by atoms with Crippen molar-refractivity contribution < 1.29 is 4.79 Å². The molecule has 2 atom stereocenters. The van der Waals surface area contributed by atoms with Gasteiger partial charge in [0.1, 0.15) is 0 Å². The molecule has 110 valence electrons. The third-order valence-corrected chi connectivity index (χ3v) is 3.33. The summed E-state index contributed by atoms with van der Waals surface area (Å²) in [7, 11) is 2.00. The first-order valence-corrected chi connectivity index (χ1v) is 6.26. The summed E-state index contributed by atoms with van der Waals surface area (Å²) in [6.45, 7) is 7.30. The summed E-state index contributed by atoms with van der Waals surface area (Å²) >= 11 is 0. The molecule has 6 heteroatoms. The lowest BCUT2D eigenvalue weighted by atomic mass is 10.1. The van der Waals surface area contributed by atoms with Crippen LogP contribution in [-0.4, -0.2) is 55.0 Å². The van der Waals surface area contributed by atoms with E-state index < -0.39 is 0 Å². The number of rotatable bonds is 5. The van der Waals surface area contributed by atoms with Gasteiger partial charge < -0.3 is 10.6 Å². The lowest BCUT2D eigenvalue weighted by Crippen LogP contribution is -2.41. The van der Waals surface area contributed by atoms with E-state index in [0.717, 1.165) is 25.9 Å². The molecule has 1 heterocycles. The molecule has 0 radical (unpaired) electrons. The highest BCUT2D eigenvalue weighted by atomic mass is 35.5. The van der Waals surface area contributed by atoms with Gasteiger partial charge >= 0.3 is 0 Å². The molecular formula is C12H27Cl2N3O. The second kappa shape index (κ2) is 9.84. The Kier molecular flexibility index (Phi) is 11.1. The summed E-state index contributed by atoms with van der Waals surface area (Å²) in [6.07, 6.45) is 2.14. The van der Waals surface area contributed by atoms with Gasteiger partial charge in [-0.3, -0.25) is 9.69 Å². The molecule has 1 aliphatic rings. The number of amides is 1. The van der Waals surface area contributed by atoms with Crippen molar-refractivity contribution in [3.05, 3.63) is 0 Å². The van der Waals surface area contributed by atoms with E-state index in [-0.39, 0.29) is 30.7 Å². The van der Waals surface area contributed by atoms with Crippen molar-refractivity contribution in [1.82, 2.24) is 9.80 Å². The van der Waals surface area contributed by atoms with E-state index in [1.165, 1.54) is 0 Å². The first-order chi connectivity index (χ1) is 7.58. The van der Waals surface area contributed by atoms with E-state index in [4.69, 9.17) is 5.73 Å². The first kappa shape index (κ1) is 20.3. The van der Waals surface area contributed by atoms with Crippen LogP contribution >= 0.6 is 24.8 Å². The van der Waals surface area contributed by atoms with Crippen LogP contribution in [0.1, 0.15) is 26.7 Å². The quantitative estimate of drug-likeness (QED) is 0.834.